The summed E-state index contributed by atoms with van der Waals surface area (Å²) in [6.07, 6.45) is 0. The van der Waals surface area contributed by atoms with Crippen molar-refractivity contribution < 1.29 is 9.13 Å². The molecule has 0 bridgehead atoms. The lowest BCUT2D eigenvalue weighted by Crippen LogP contribution is -2.08. The van der Waals surface area contributed by atoms with Gasteiger partial charge in [0.15, 0.2) is 0 Å². The second kappa shape index (κ2) is 6.69. The minimum atomic E-state index is -0.271. The van der Waals surface area contributed by atoms with Gasteiger partial charge in [-0.25, -0.2) is 4.39 Å². The van der Waals surface area contributed by atoms with Crippen molar-refractivity contribution in [2.75, 3.05) is 25.6 Å². The van der Waals surface area contributed by atoms with Crippen LogP contribution in [-0.4, -0.2) is 20.3 Å². The second-order valence-electron chi connectivity index (χ2n) is 4.30. The first-order valence-electron chi connectivity index (χ1n) is 6.27. The Labute approximate surface area is 117 Å². The molecular weight excluding hydrogens is 255 g/mol. The van der Waals surface area contributed by atoms with Gasteiger partial charge in [0.1, 0.15) is 11.9 Å². The van der Waals surface area contributed by atoms with Gasteiger partial charge in [-0.1, -0.05) is 18.2 Å². The Morgan fingerprint density at radius 3 is 2.50 bits per heavy atom. The maximum Gasteiger partial charge on any atom is 0.123 e. The van der Waals surface area contributed by atoms with Gasteiger partial charge in [-0.2, -0.15) is 5.26 Å². The molecule has 0 heterocycles. The number of nitrogens with zero attached hydrogens (tertiary/aromatic N) is 1. The summed E-state index contributed by atoms with van der Waals surface area (Å²) in [5, 5.41) is 12.4. The zero-order valence-corrected chi connectivity index (χ0v) is 11.2. The highest BCUT2D eigenvalue weighted by Crippen LogP contribution is 2.25. The Morgan fingerprint density at radius 2 is 1.85 bits per heavy atom. The predicted octanol–water partition coefficient (Wildman–Crippen LogP) is 3.42. The molecule has 0 saturated heterocycles. The van der Waals surface area contributed by atoms with E-state index in [1.807, 2.05) is 12.1 Å². The summed E-state index contributed by atoms with van der Waals surface area (Å²) in [6, 6.07) is 13.9. The van der Waals surface area contributed by atoms with Gasteiger partial charge < -0.3 is 10.1 Å². The molecule has 0 saturated carbocycles. The average molecular weight is 270 g/mol. The van der Waals surface area contributed by atoms with Crippen LogP contribution in [-0.2, 0) is 4.74 Å². The van der Waals surface area contributed by atoms with Crippen LogP contribution >= 0.6 is 0 Å². The van der Waals surface area contributed by atoms with Crippen molar-refractivity contribution in [2.24, 2.45) is 0 Å². The number of rotatable bonds is 5. The first-order chi connectivity index (χ1) is 9.74. The van der Waals surface area contributed by atoms with Crippen LogP contribution in [0.4, 0.5) is 10.1 Å². The molecule has 0 radical (unpaired) electrons. The van der Waals surface area contributed by atoms with Crippen molar-refractivity contribution in [3.05, 3.63) is 53.8 Å². The van der Waals surface area contributed by atoms with Crippen molar-refractivity contribution >= 4 is 5.69 Å². The SMILES string of the molecule is COCCNc1ccc(-c2ccc(F)cc2)cc1C#N. The molecule has 20 heavy (non-hydrogen) atoms. The largest absolute Gasteiger partial charge is 0.383 e. The van der Waals surface area contributed by atoms with E-state index in [9.17, 15) is 9.65 Å². The van der Waals surface area contributed by atoms with Gasteiger partial charge in [0.05, 0.1) is 17.9 Å². The van der Waals surface area contributed by atoms with E-state index in [1.54, 1.807) is 25.3 Å². The molecule has 0 aromatic heterocycles. The van der Waals surface area contributed by atoms with Crippen LogP contribution in [0.3, 0.4) is 0 Å². The number of benzene rings is 2. The van der Waals surface area contributed by atoms with Gasteiger partial charge >= 0.3 is 0 Å². The van der Waals surface area contributed by atoms with Gasteiger partial charge in [-0.05, 0) is 35.4 Å². The molecule has 0 unspecified atom stereocenters. The van der Waals surface area contributed by atoms with Crippen LogP contribution in [0.2, 0.25) is 0 Å². The number of halogens is 1. The molecule has 1 N–H and O–H groups in total. The highest BCUT2D eigenvalue weighted by molar-refractivity contribution is 5.70. The molecule has 3 nitrogen and oxygen atoms in total. The second-order valence-corrected chi connectivity index (χ2v) is 4.30. The zero-order chi connectivity index (χ0) is 14.4. The predicted molar refractivity (Wildman–Crippen MR) is 76.9 cm³/mol. The molecule has 0 aliphatic rings. The Balaban J connectivity index is 2.25. The topological polar surface area (TPSA) is 45.0 Å². The van der Waals surface area contributed by atoms with Gasteiger partial charge in [0.25, 0.3) is 0 Å². The Bertz CT molecular complexity index is 617. The maximum atomic E-state index is 12.9. The Kier molecular flexibility index (Phi) is 4.70. The van der Waals surface area contributed by atoms with Crippen LogP contribution < -0.4 is 5.32 Å². The van der Waals surface area contributed by atoms with Gasteiger partial charge in [0, 0.05) is 13.7 Å². The first-order valence-corrected chi connectivity index (χ1v) is 6.27. The summed E-state index contributed by atoms with van der Waals surface area (Å²) in [6.45, 7) is 1.21. The third kappa shape index (κ3) is 3.34. The summed E-state index contributed by atoms with van der Waals surface area (Å²) < 4.78 is 17.9. The lowest BCUT2D eigenvalue weighted by atomic mass is 10.0. The van der Waals surface area contributed by atoms with E-state index in [0.717, 1.165) is 16.8 Å². The van der Waals surface area contributed by atoms with E-state index in [0.29, 0.717) is 18.7 Å². The monoisotopic (exact) mass is 270 g/mol. The quantitative estimate of drug-likeness (QED) is 0.847. The molecule has 2 rings (SSSR count). The minimum Gasteiger partial charge on any atom is -0.383 e. The van der Waals surface area contributed by atoms with E-state index in [4.69, 9.17) is 4.74 Å². The van der Waals surface area contributed by atoms with E-state index in [-0.39, 0.29) is 5.82 Å². The van der Waals surface area contributed by atoms with Crippen molar-refractivity contribution in [3.8, 4) is 17.2 Å². The lowest BCUT2D eigenvalue weighted by molar-refractivity contribution is 0.211. The van der Waals surface area contributed by atoms with Gasteiger partial charge in [-0.15, -0.1) is 0 Å². The summed E-state index contributed by atoms with van der Waals surface area (Å²) >= 11 is 0. The Morgan fingerprint density at radius 1 is 1.15 bits per heavy atom. The van der Waals surface area contributed by atoms with E-state index >= 15 is 0 Å². The summed E-state index contributed by atoms with van der Waals surface area (Å²) in [5.41, 5.74) is 3.10. The number of methoxy groups -OCH3 is 1. The normalized spacial score (nSPS) is 10.1. The lowest BCUT2D eigenvalue weighted by Gasteiger charge is -2.09. The zero-order valence-electron chi connectivity index (χ0n) is 11.2. The summed E-state index contributed by atoms with van der Waals surface area (Å²) in [7, 11) is 1.63. The third-order valence-corrected chi connectivity index (χ3v) is 2.94. The fourth-order valence-electron chi connectivity index (χ4n) is 1.90. The molecule has 0 aliphatic heterocycles. The fourth-order valence-corrected chi connectivity index (χ4v) is 1.90. The van der Waals surface area contributed by atoms with E-state index in [2.05, 4.69) is 11.4 Å². The smallest absolute Gasteiger partial charge is 0.123 e. The number of hydrogen-bond donors (Lipinski definition) is 1. The number of nitriles is 1. The molecule has 4 heteroatoms. The molecule has 2 aromatic carbocycles. The molecule has 0 aliphatic carbocycles. The van der Waals surface area contributed by atoms with Crippen molar-refractivity contribution in [3.63, 3.8) is 0 Å². The van der Waals surface area contributed by atoms with Crippen LogP contribution in [0.25, 0.3) is 11.1 Å². The average Bonchev–Trinajstić information content (AvgIpc) is 2.48. The third-order valence-electron chi connectivity index (χ3n) is 2.94. The minimum absolute atomic E-state index is 0.271. The van der Waals surface area contributed by atoms with Gasteiger partial charge in [-0.3, -0.25) is 0 Å². The van der Waals surface area contributed by atoms with Crippen molar-refractivity contribution in [1.29, 1.82) is 5.26 Å². The molecule has 102 valence electrons. The summed E-state index contributed by atoms with van der Waals surface area (Å²) in [5.74, 6) is -0.271. The molecule has 2 aromatic rings. The number of nitrogens with one attached hydrogen (secondary N) is 1. The molecule has 0 spiro atoms. The van der Waals surface area contributed by atoms with Crippen molar-refractivity contribution in [2.45, 2.75) is 0 Å². The molecular formula is C16H15FN2O. The molecule has 0 atom stereocenters. The van der Waals surface area contributed by atoms with Gasteiger partial charge in [0.2, 0.25) is 0 Å². The Hall–Kier alpha value is -2.38. The van der Waals surface area contributed by atoms with Crippen LogP contribution in [0.1, 0.15) is 5.56 Å². The van der Waals surface area contributed by atoms with E-state index < -0.39 is 0 Å². The number of hydrogen-bond acceptors (Lipinski definition) is 3. The van der Waals surface area contributed by atoms with Crippen LogP contribution in [0.5, 0.6) is 0 Å². The first kappa shape index (κ1) is 14.0. The van der Waals surface area contributed by atoms with E-state index in [1.165, 1.54) is 12.1 Å². The maximum absolute atomic E-state index is 12.9. The highest BCUT2D eigenvalue weighted by atomic mass is 19.1. The molecule has 0 fully saturated rings. The highest BCUT2D eigenvalue weighted by Gasteiger charge is 2.05. The number of ether oxygens (including phenoxy) is 1. The fraction of sp³-hybridized carbons (Fsp3) is 0.188. The van der Waals surface area contributed by atoms with Crippen LogP contribution in [0.15, 0.2) is 42.5 Å². The molecule has 0 amide bonds. The van der Waals surface area contributed by atoms with Crippen molar-refractivity contribution in [1.82, 2.24) is 0 Å². The summed E-state index contributed by atoms with van der Waals surface area (Å²) in [4.78, 5) is 0. The van der Waals surface area contributed by atoms with Crippen LogP contribution in [0, 0.1) is 17.1 Å². The standard InChI is InChI=1S/C16H15FN2O/c1-20-9-8-19-16-7-4-13(10-14(16)11-18)12-2-5-15(17)6-3-12/h2-7,10,19H,8-9H2,1H3. The number of anilines is 1.